The molecule has 0 saturated heterocycles. The molecule has 0 spiro atoms. The van der Waals surface area contributed by atoms with Crippen molar-refractivity contribution in [3.8, 4) is 0 Å². The standard InChI is InChI=1S/2C7H9O.Ru/c2*1-6(8)7-4-2-3-5-7;/h2*2-6,8H,1H3;/q-5;-1;. The molecule has 0 aliphatic heterocycles. The Morgan fingerprint density at radius 1 is 0.941 bits per heavy atom. The molecule has 3 heteroatoms. The predicted octanol–water partition coefficient (Wildman–Crippen LogP) is 2.92. The van der Waals surface area contributed by atoms with Gasteiger partial charge in [-0.1, -0.05) is 6.92 Å². The van der Waals surface area contributed by atoms with Gasteiger partial charge in [-0.2, -0.15) is 12.1 Å². The van der Waals surface area contributed by atoms with Crippen LogP contribution in [-0.2, 0) is 19.5 Å². The van der Waals surface area contributed by atoms with E-state index in [0.717, 1.165) is 11.1 Å². The minimum Gasteiger partial charge on any atom is -0.747 e. The molecule has 0 saturated carbocycles. The maximum Gasteiger partial charge on any atom is 0.0322 e. The van der Waals surface area contributed by atoms with Gasteiger partial charge >= 0.3 is 0 Å². The van der Waals surface area contributed by atoms with Crippen LogP contribution in [0.15, 0.2) is 48.5 Å². The maximum absolute atomic E-state index is 8.91. The molecule has 0 aromatic heterocycles. The molecule has 2 rings (SSSR count). The predicted molar refractivity (Wildman–Crippen MR) is 65.3 cm³/mol. The van der Waals surface area contributed by atoms with Gasteiger partial charge in [0.05, 0.1) is 0 Å². The minimum absolute atomic E-state index is 0. The van der Waals surface area contributed by atoms with Crippen molar-refractivity contribution in [2.24, 2.45) is 0 Å². The Bertz CT molecular complexity index is 323. The average Bonchev–Trinajstić information content (AvgIpc) is 2.93. The molecule has 2 N–H and O–H groups in total. The van der Waals surface area contributed by atoms with Gasteiger partial charge in [0, 0.05) is 25.6 Å². The topological polar surface area (TPSA) is 40.5 Å². The van der Waals surface area contributed by atoms with Gasteiger partial charge in [-0.25, -0.2) is 12.1 Å². The summed E-state index contributed by atoms with van der Waals surface area (Å²) < 4.78 is 0. The molecule has 0 amide bonds. The molecule has 0 fully saturated rings. The molecule has 2 aromatic rings. The molecule has 0 aliphatic rings. The van der Waals surface area contributed by atoms with Crippen molar-refractivity contribution in [3.63, 3.8) is 0 Å². The summed E-state index contributed by atoms with van der Waals surface area (Å²) >= 11 is 0. The average molecular weight is 319 g/mol. The van der Waals surface area contributed by atoms with Gasteiger partial charge < -0.3 is 40.0 Å². The van der Waals surface area contributed by atoms with E-state index in [2.05, 4.69) is 0 Å². The van der Waals surface area contributed by atoms with Crippen LogP contribution in [0.25, 0.3) is 0 Å². The Labute approximate surface area is 115 Å². The largest absolute Gasteiger partial charge is 0.747 e. The van der Waals surface area contributed by atoms with Crippen LogP contribution in [0.2, 0.25) is 0 Å². The number of aliphatic hydroxyl groups is 2. The molecular formula is C14H18O2Ru-6. The number of hydrogen-bond acceptors (Lipinski definition) is 2. The zero-order valence-corrected chi connectivity index (χ0v) is 11.8. The first-order valence-corrected chi connectivity index (χ1v) is 5.40. The van der Waals surface area contributed by atoms with E-state index in [1.54, 1.807) is 13.8 Å². The maximum atomic E-state index is 8.91. The molecule has 2 nitrogen and oxygen atoms in total. The molecule has 0 bridgehead atoms. The quantitative estimate of drug-likeness (QED) is 0.660. The molecule has 17 heavy (non-hydrogen) atoms. The van der Waals surface area contributed by atoms with Crippen LogP contribution in [0.5, 0.6) is 0 Å². The minimum atomic E-state index is -0.315. The molecule has 0 heterocycles. The summed E-state index contributed by atoms with van der Waals surface area (Å²) in [5.41, 5.74) is 1.98. The fourth-order valence-electron chi connectivity index (χ4n) is 1.33. The van der Waals surface area contributed by atoms with E-state index in [0.29, 0.717) is 0 Å². The molecular weight excluding hydrogens is 301 g/mol. The van der Waals surface area contributed by atoms with Crippen LogP contribution in [0.4, 0.5) is 0 Å². The monoisotopic (exact) mass is 320 g/mol. The van der Waals surface area contributed by atoms with Crippen molar-refractivity contribution in [2.75, 3.05) is 0 Å². The van der Waals surface area contributed by atoms with Gasteiger partial charge in [0.2, 0.25) is 0 Å². The Balaban J connectivity index is 0.000000284. The van der Waals surface area contributed by atoms with Crippen molar-refractivity contribution in [3.05, 3.63) is 59.7 Å². The SMILES string of the molecule is CC(O)[c-]1[cH-][cH-][cH-][cH-]1.CC(O)[c-]1cccc1.[Ru]. The number of hydrogen-bond donors (Lipinski definition) is 2. The zero-order chi connectivity index (χ0) is 12.0. The van der Waals surface area contributed by atoms with Crippen LogP contribution in [0, 0.1) is 0 Å². The second-order valence-corrected chi connectivity index (χ2v) is 3.79. The van der Waals surface area contributed by atoms with Crippen molar-refractivity contribution in [2.45, 2.75) is 26.1 Å². The molecule has 100 valence electrons. The van der Waals surface area contributed by atoms with Crippen molar-refractivity contribution in [1.82, 2.24) is 0 Å². The summed E-state index contributed by atoms with van der Waals surface area (Å²) in [4.78, 5) is 0. The van der Waals surface area contributed by atoms with E-state index < -0.39 is 0 Å². The first-order chi connectivity index (χ1) is 7.61. The van der Waals surface area contributed by atoms with Gasteiger partial charge in [0.25, 0.3) is 0 Å². The number of aliphatic hydroxyl groups excluding tert-OH is 2. The zero-order valence-electron chi connectivity index (χ0n) is 10.0. The Morgan fingerprint density at radius 3 is 1.65 bits per heavy atom. The van der Waals surface area contributed by atoms with E-state index in [9.17, 15) is 0 Å². The van der Waals surface area contributed by atoms with E-state index in [4.69, 9.17) is 10.2 Å². The van der Waals surface area contributed by atoms with Crippen molar-refractivity contribution >= 4 is 0 Å². The first kappa shape index (κ1) is 16.2. The fraction of sp³-hybridized carbons (Fsp3) is 0.286. The van der Waals surface area contributed by atoms with E-state index in [-0.39, 0.29) is 31.7 Å². The summed E-state index contributed by atoms with van der Waals surface area (Å²) in [7, 11) is 0. The summed E-state index contributed by atoms with van der Waals surface area (Å²) in [6.45, 7) is 3.52. The summed E-state index contributed by atoms with van der Waals surface area (Å²) in [5.74, 6) is 0. The smallest absolute Gasteiger partial charge is 0.0322 e. The van der Waals surface area contributed by atoms with Crippen molar-refractivity contribution in [1.29, 1.82) is 0 Å². The van der Waals surface area contributed by atoms with Gasteiger partial charge in [-0.3, -0.25) is 0 Å². The third-order valence-electron chi connectivity index (χ3n) is 2.34. The van der Waals surface area contributed by atoms with E-state index >= 15 is 0 Å². The van der Waals surface area contributed by atoms with Crippen molar-refractivity contribution < 1.29 is 29.7 Å². The van der Waals surface area contributed by atoms with Crippen LogP contribution in [-0.4, -0.2) is 10.2 Å². The Kier molecular flexibility index (Phi) is 7.98. The van der Waals surface area contributed by atoms with E-state index in [1.165, 1.54) is 0 Å². The second kappa shape index (κ2) is 8.35. The second-order valence-electron chi connectivity index (χ2n) is 3.79. The van der Waals surface area contributed by atoms with Gasteiger partial charge in [0.1, 0.15) is 0 Å². The summed E-state index contributed by atoms with van der Waals surface area (Å²) in [6, 6.07) is 15.3. The van der Waals surface area contributed by atoms with Crippen LogP contribution in [0.3, 0.4) is 0 Å². The third-order valence-corrected chi connectivity index (χ3v) is 2.34. The Hall–Kier alpha value is -0.757. The number of rotatable bonds is 2. The molecule has 0 radical (unpaired) electrons. The summed E-state index contributed by atoms with van der Waals surface area (Å²) in [5, 5.41) is 17.8. The van der Waals surface area contributed by atoms with Crippen LogP contribution < -0.4 is 0 Å². The van der Waals surface area contributed by atoms with Gasteiger partial charge in [-0.05, 0) is 6.92 Å². The van der Waals surface area contributed by atoms with Gasteiger partial charge in [0.15, 0.2) is 0 Å². The molecule has 0 aliphatic carbocycles. The normalized spacial score (nSPS) is 12.9. The molecule has 2 unspecified atom stereocenters. The van der Waals surface area contributed by atoms with Crippen LogP contribution >= 0.6 is 0 Å². The van der Waals surface area contributed by atoms with Crippen LogP contribution in [0.1, 0.15) is 37.2 Å². The van der Waals surface area contributed by atoms with Gasteiger partial charge in [-0.15, -0.1) is 11.7 Å². The molecule has 2 atom stereocenters. The molecule has 2 aromatic carbocycles. The third kappa shape index (κ3) is 5.92. The Morgan fingerprint density at radius 2 is 1.41 bits per heavy atom. The summed E-state index contributed by atoms with van der Waals surface area (Å²) in [6.07, 6.45) is -0.630. The fourth-order valence-corrected chi connectivity index (χ4v) is 1.33. The first-order valence-electron chi connectivity index (χ1n) is 5.40. The van der Waals surface area contributed by atoms with E-state index in [1.807, 2.05) is 48.5 Å².